The molecule has 9 rings (SSSR count). The van der Waals surface area contributed by atoms with Gasteiger partial charge in [-0.3, -0.25) is 14.4 Å². The van der Waals surface area contributed by atoms with Crippen molar-refractivity contribution in [2.24, 2.45) is 63.6 Å². The van der Waals surface area contributed by atoms with Gasteiger partial charge in [-0.25, -0.2) is 4.98 Å². The molecular formula is C42H51ClN2O5. The number of aromatic nitrogens is 2. The number of carbonyl (C=O) groups excluding carboxylic acids is 2. The molecular weight excluding hydrogens is 648 g/mol. The number of carboxylic acid groups (broad SMARTS) is 1. The lowest BCUT2D eigenvalue weighted by atomic mass is 9.48. The zero-order chi connectivity index (χ0) is 35.1. The molecule has 6 saturated carbocycles. The monoisotopic (exact) mass is 698 g/mol. The van der Waals surface area contributed by atoms with Crippen molar-refractivity contribution in [3.63, 3.8) is 0 Å². The molecule has 0 amide bonds. The molecule has 0 aliphatic heterocycles. The summed E-state index contributed by atoms with van der Waals surface area (Å²) in [7, 11) is 0. The van der Waals surface area contributed by atoms with Crippen LogP contribution in [0.2, 0.25) is 5.02 Å². The number of hydrogen-bond donors (Lipinski definition) is 2. The van der Waals surface area contributed by atoms with Gasteiger partial charge in [0.25, 0.3) is 0 Å². The molecule has 2 N–H and O–H groups in total. The Morgan fingerprint density at radius 3 is 2.42 bits per heavy atom. The summed E-state index contributed by atoms with van der Waals surface area (Å²) in [6.07, 6.45) is 11.5. The molecule has 1 aromatic heterocycles. The quantitative estimate of drug-likeness (QED) is 0.292. The maximum absolute atomic E-state index is 14.2. The molecule has 12 unspecified atom stereocenters. The lowest BCUT2D eigenvalue weighted by Crippen LogP contribution is -2.54. The molecule has 7 aliphatic carbocycles. The number of ketones is 1. The van der Waals surface area contributed by atoms with Gasteiger partial charge in [0.2, 0.25) is 0 Å². The number of carbonyl (C=O) groups is 3. The summed E-state index contributed by atoms with van der Waals surface area (Å²) in [6.45, 7) is 11.2. The summed E-state index contributed by atoms with van der Waals surface area (Å²) in [5, 5.41) is 10.2. The summed E-state index contributed by atoms with van der Waals surface area (Å²) >= 11 is 6.21. The number of benzene rings is 1. The van der Waals surface area contributed by atoms with Crippen molar-refractivity contribution < 1.29 is 24.2 Å². The van der Waals surface area contributed by atoms with E-state index in [2.05, 4.69) is 32.7 Å². The first-order chi connectivity index (χ1) is 23.8. The van der Waals surface area contributed by atoms with Crippen molar-refractivity contribution in [3.05, 3.63) is 52.5 Å². The molecule has 266 valence electrons. The van der Waals surface area contributed by atoms with Crippen molar-refractivity contribution in [1.29, 1.82) is 0 Å². The van der Waals surface area contributed by atoms with Gasteiger partial charge in [0, 0.05) is 16.9 Å². The zero-order valence-corrected chi connectivity index (χ0v) is 30.8. The van der Waals surface area contributed by atoms with Crippen molar-refractivity contribution >= 4 is 29.3 Å². The van der Waals surface area contributed by atoms with Gasteiger partial charge in [-0.15, -0.1) is 0 Å². The van der Waals surface area contributed by atoms with Crippen LogP contribution < -0.4 is 0 Å². The lowest BCUT2D eigenvalue weighted by Gasteiger charge is -2.58. The number of halogens is 1. The van der Waals surface area contributed by atoms with E-state index in [1.54, 1.807) is 0 Å². The topological polar surface area (TPSA) is 109 Å². The van der Waals surface area contributed by atoms with Gasteiger partial charge in [0.1, 0.15) is 11.9 Å². The molecule has 1 aromatic carbocycles. The van der Waals surface area contributed by atoms with Crippen molar-refractivity contribution in [3.8, 4) is 11.3 Å². The van der Waals surface area contributed by atoms with Gasteiger partial charge < -0.3 is 14.8 Å². The molecule has 12 atom stereocenters. The highest BCUT2D eigenvalue weighted by atomic mass is 35.5. The van der Waals surface area contributed by atoms with E-state index in [-0.39, 0.29) is 57.4 Å². The summed E-state index contributed by atoms with van der Waals surface area (Å²) in [6, 6.07) is 7.88. The predicted molar refractivity (Wildman–Crippen MR) is 190 cm³/mol. The first-order valence-electron chi connectivity index (χ1n) is 19.3. The number of esters is 1. The first-order valence-corrected chi connectivity index (χ1v) is 19.7. The molecule has 0 saturated heterocycles. The van der Waals surface area contributed by atoms with Crippen LogP contribution in [0, 0.1) is 63.6 Å². The summed E-state index contributed by atoms with van der Waals surface area (Å²) in [5.41, 5.74) is 4.67. The normalized spacial score (nSPS) is 44.1. The molecule has 2 aromatic rings. The minimum atomic E-state index is -0.809. The van der Waals surface area contributed by atoms with Gasteiger partial charge in [-0.05, 0) is 133 Å². The third kappa shape index (κ3) is 3.99. The SMILES string of the molecule is CC(C)C1=C2C(c3ncc(-c4ccc(Cl)cc4)[nH]3)(CCC3C24CCC2C5(C)CCC(OC(=O)C6CC(C(=O)O)C6C)C(C)C5CCC234)CC1=O. The van der Waals surface area contributed by atoms with E-state index in [0.717, 1.165) is 61.2 Å². The Kier molecular flexibility index (Phi) is 7.12. The Hall–Kier alpha value is -2.93. The van der Waals surface area contributed by atoms with Crippen LogP contribution in [-0.4, -0.2) is 38.9 Å². The van der Waals surface area contributed by atoms with E-state index >= 15 is 0 Å². The standard InChI is InChI=1S/C42H51ClN2O5/c1-21(2)34-30(46)19-40(38-44-20-29(45-38)24-6-8-25(43)9-7-24)15-12-33-41-16-10-28-23(4)31(50-37(49)27-18-26(22(27)3)36(47)48)11-14-39(28,5)32(41)13-17-42(33,41)35(34)40/h6-9,20-23,26-28,31-33H,10-19H2,1-5H3,(H,44,45)(H,47,48). The molecule has 2 spiro atoms. The fraction of sp³-hybridized carbons (Fsp3) is 0.667. The highest BCUT2D eigenvalue weighted by Gasteiger charge is 2.88. The van der Waals surface area contributed by atoms with Crippen molar-refractivity contribution in [2.45, 2.75) is 110 Å². The van der Waals surface area contributed by atoms with Crippen LogP contribution in [0.1, 0.15) is 105 Å². The van der Waals surface area contributed by atoms with Gasteiger partial charge in [0.15, 0.2) is 5.78 Å². The second-order valence-corrected chi connectivity index (χ2v) is 18.6. The molecule has 7 aliphatic rings. The number of allylic oxidation sites excluding steroid dienone is 2. The predicted octanol–water partition coefficient (Wildman–Crippen LogP) is 8.81. The average Bonchev–Trinajstić information content (AvgIpc) is 3.51. The lowest BCUT2D eigenvalue weighted by molar-refractivity contribution is -0.181. The van der Waals surface area contributed by atoms with E-state index in [9.17, 15) is 19.5 Å². The molecule has 7 nitrogen and oxygen atoms in total. The Labute approximate surface area is 300 Å². The number of imidazole rings is 1. The minimum absolute atomic E-state index is 0.0660. The number of fused-ring (bicyclic) bond motifs is 3. The second kappa shape index (κ2) is 10.8. The fourth-order valence-electron chi connectivity index (χ4n) is 14.2. The van der Waals surface area contributed by atoms with Gasteiger partial charge in [0.05, 0.1) is 29.1 Å². The summed E-state index contributed by atoms with van der Waals surface area (Å²) in [4.78, 5) is 47.8. The van der Waals surface area contributed by atoms with Crippen LogP contribution in [0.15, 0.2) is 41.6 Å². The summed E-state index contributed by atoms with van der Waals surface area (Å²) in [5.74, 6) is 1.51. The molecule has 1 heterocycles. The Balaban J connectivity index is 1.02. The average molecular weight is 699 g/mol. The number of ether oxygens (including phenoxy) is 1. The van der Waals surface area contributed by atoms with Gasteiger partial charge in [-0.1, -0.05) is 58.4 Å². The molecule has 8 heteroatoms. The second-order valence-electron chi connectivity index (χ2n) is 18.1. The fourth-order valence-corrected chi connectivity index (χ4v) is 14.4. The third-order valence-corrected chi connectivity index (χ3v) is 16.6. The number of carboxylic acids is 1. The van der Waals surface area contributed by atoms with Crippen LogP contribution in [0.5, 0.6) is 0 Å². The number of Topliss-reactive ketones (excluding diaryl/α,β-unsaturated/α-hetero) is 1. The minimum Gasteiger partial charge on any atom is -0.481 e. The number of nitrogens with zero attached hydrogens (tertiary/aromatic N) is 1. The highest BCUT2D eigenvalue weighted by molar-refractivity contribution is 6.30. The number of aliphatic carboxylic acids is 1. The smallest absolute Gasteiger partial charge is 0.309 e. The van der Waals surface area contributed by atoms with Crippen molar-refractivity contribution in [1.82, 2.24) is 9.97 Å². The molecule has 6 fully saturated rings. The van der Waals surface area contributed by atoms with Crippen molar-refractivity contribution in [2.75, 3.05) is 0 Å². The Bertz CT molecular complexity index is 1830. The van der Waals surface area contributed by atoms with Crippen LogP contribution >= 0.6 is 11.6 Å². The summed E-state index contributed by atoms with van der Waals surface area (Å²) < 4.78 is 6.26. The third-order valence-electron chi connectivity index (χ3n) is 16.4. The van der Waals surface area contributed by atoms with Gasteiger partial charge in [-0.2, -0.15) is 0 Å². The first kappa shape index (κ1) is 32.9. The van der Waals surface area contributed by atoms with E-state index in [1.807, 2.05) is 37.4 Å². The van der Waals surface area contributed by atoms with Crippen LogP contribution in [0.4, 0.5) is 0 Å². The van der Waals surface area contributed by atoms with E-state index < -0.39 is 11.9 Å². The van der Waals surface area contributed by atoms with E-state index in [1.165, 1.54) is 18.4 Å². The van der Waals surface area contributed by atoms with E-state index in [4.69, 9.17) is 21.3 Å². The van der Waals surface area contributed by atoms with Crippen LogP contribution in [-0.2, 0) is 24.5 Å². The van der Waals surface area contributed by atoms with Gasteiger partial charge >= 0.3 is 11.9 Å². The number of H-pyrrole nitrogens is 1. The van der Waals surface area contributed by atoms with Crippen LogP contribution in [0.25, 0.3) is 11.3 Å². The Morgan fingerprint density at radius 1 is 0.980 bits per heavy atom. The highest BCUT2D eigenvalue weighted by Crippen LogP contribution is 2.93. The Morgan fingerprint density at radius 2 is 1.72 bits per heavy atom. The zero-order valence-electron chi connectivity index (χ0n) is 30.1. The molecule has 0 radical (unpaired) electrons. The number of aromatic amines is 1. The number of hydrogen-bond acceptors (Lipinski definition) is 5. The largest absolute Gasteiger partial charge is 0.481 e. The number of rotatable bonds is 6. The molecule has 0 bridgehead atoms. The molecule has 50 heavy (non-hydrogen) atoms. The van der Waals surface area contributed by atoms with E-state index in [0.29, 0.717) is 41.4 Å². The maximum atomic E-state index is 14.2. The number of nitrogens with one attached hydrogen (secondary N) is 1. The maximum Gasteiger partial charge on any atom is 0.309 e. The van der Waals surface area contributed by atoms with Crippen LogP contribution in [0.3, 0.4) is 0 Å².